The Balaban J connectivity index is 1.82. The van der Waals surface area contributed by atoms with Gasteiger partial charge < -0.3 is 15.1 Å². The summed E-state index contributed by atoms with van der Waals surface area (Å²) in [5, 5.41) is 1.03. The van der Waals surface area contributed by atoms with E-state index in [-0.39, 0.29) is 11.5 Å². The van der Waals surface area contributed by atoms with Crippen molar-refractivity contribution in [1.29, 1.82) is 0 Å². The van der Waals surface area contributed by atoms with Crippen molar-refractivity contribution in [2.75, 3.05) is 11.9 Å². The van der Waals surface area contributed by atoms with Crippen LogP contribution < -0.4 is 10.6 Å². The highest BCUT2D eigenvalue weighted by Gasteiger charge is 2.33. The largest absolute Gasteiger partial charge is 0.467 e. The number of fused-ring (bicyclic) bond motifs is 1. The maximum absolute atomic E-state index is 6.30. The molecule has 1 unspecified atom stereocenters. The van der Waals surface area contributed by atoms with Gasteiger partial charge in [0.05, 0.1) is 18.5 Å². The number of aromatic nitrogens is 1. The number of nitrogens with zero attached hydrogens (tertiary/aromatic N) is 2. The molecule has 5 heteroatoms. The van der Waals surface area contributed by atoms with Gasteiger partial charge in [0.2, 0.25) is 0 Å². The van der Waals surface area contributed by atoms with Crippen LogP contribution in [0.15, 0.2) is 22.8 Å². The molecule has 0 amide bonds. The summed E-state index contributed by atoms with van der Waals surface area (Å²) in [4.78, 5) is 8.18. The molecular weight excluding hydrogens is 270 g/mol. The summed E-state index contributed by atoms with van der Waals surface area (Å²) < 4.78 is 5.39. The zero-order chi connectivity index (χ0) is 14.3. The van der Waals surface area contributed by atoms with E-state index >= 15 is 0 Å². The lowest BCUT2D eigenvalue weighted by molar-refractivity contribution is 0.282. The van der Waals surface area contributed by atoms with Crippen LogP contribution in [0, 0.1) is 5.41 Å². The fraction of sp³-hybridized carbons (Fsp3) is 0.533. The summed E-state index contributed by atoms with van der Waals surface area (Å²) >= 11 is 1.72. The fourth-order valence-corrected chi connectivity index (χ4v) is 3.89. The molecule has 0 aliphatic heterocycles. The average molecular weight is 291 g/mol. The summed E-state index contributed by atoms with van der Waals surface area (Å²) in [6.07, 6.45) is 3.75. The molecule has 20 heavy (non-hydrogen) atoms. The van der Waals surface area contributed by atoms with E-state index in [1.807, 2.05) is 19.2 Å². The van der Waals surface area contributed by atoms with Crippen molar-refractivity contribution in [2.45, 2.75) is 39.3 Å². The van der Waals surface area contributed by atoms with Crippen LogP contribution in [0.4, 0.5) is 5.13 Å². The molecule has 2 aromatic rings. The van der Waals surface area contributed by atoms with Gasteiger partial charge in [-0.05, 0) is 30.4 Å². The van der Waals surface area contributed by atoms with Crippen molar-refractivity contribution in [3.05, 3.63) is 34.7 Å². The summed E-state index contributed by atoms with van der Waals surface area (Å²) in [7, 11) is 2.05. The third kappa shape index (κ3) is 2.60. The fourth-order valence-electron chi connectivity index (χ4n) is 2.85. The van der Waals surface area contributed by atoms with Crippen LogP contribution in [0.3, 0.4) is 0 Å². The van der Waals surface area contributed by atoms with Crippen LogP contribution in [0.1, 0.15) is 42.6 Å². The van der Waals surface area contributed by atoms with E-state index in [9.17, 15) is 0 Å². The quantitative estimate of drug-likeness (QED) is 0.942. The maximum atomic E-state index is 6.30. The SMILES string of the molecule is CN(Cc1ccco1)c1nc2c(s1)C(N)CC(C)(C)C2. The molecule has 1 atom stereocenters. The lowest BCUT2D eigenvalue weighted by atomic mass is 9.77. The molecule has 0 bridgehead atoms. The smallest absolute Gasteiger partial charge is 0.185 e. The van der Waals surface area contributed by atoms with E-state index in [0.29, 0.717) is 0 Å². The van der Waals surface area contributed by atoms with Crippen molar-refractivity contribution < 1.29 is 4.42 Å². The number of thiazole rings is 1. The molecule has 4 nitrogen and oxygen atoms in total. The van der Waals surface area contributed by atoms with Gasteiger partial charge in [-0.2, -0.15) is 0 Å². The normalized spacial score (nSPS) is 20.7. The van der Waals surface area contributed by atoms with Crippen molar-refractivity contribution >= 4 is 16.5 Å². The molecule has 0 saturated carbocycles. The van der Waals surface area contributed by atoms with Gasteiger partial charge in [-0.25, -0.2) is 4.98 Å². The van der Waals surface area contributed by atoms with Crippen molar-refractivity contribution in [1.82, 2.24) is 4.98 Å². The van der Waals surface area contributed by atoms with E-state index in [1.54, 1.807) is 17.6 Å². The van der Waals surface area contributed by atoms with Crippen molar-refractivity contribution in [2.24, 2.45) is 11.1 Å². The van der Waals surface area contributed by atoms with Crippen LogP contribution in [-0.2, 0) is 13.0 Å². The predicted molar refractivity (Wildman–Crippen MR) is 82.0 cm³/mol. The highest BCUT2D eigenvalue weighted by atomic mass is 32.1. The number of nitrogens with two attached hydrogens (primary N) is 1. The first-order valence-electron chi connectivity index (χ1n) is 6.93. The average Bonchev–Trinajstić information content (AvgIpc) is 2.96. The van der Waals surface area contributed by atoms with Crippen LogP contribution >= 0.6 is 11.3 Å². The predicted octanol–water partition coefficient (Wildman–Crippen LogP) is 3.34. The van der Waals surface area contributed by atoms with E-state index in [4.69, 9.17) is 15.1 Å². The Morgan fingerprint density at radius 2 is 2.35 bits per heavy atom. The molecule has 108 valence electrons. The second kappa shape index (κ2) is 4.90. The second-order valence-electron chi connectivity index (χ2n) is 6.39. The first kappa shape index (κ1) is 13.6. The van der Waals surface area contributed by atoms with Crippen molar-refractivity contribution in [3.63, 3.8) is 0 Å². The lowest BCUT2D eigenvalue weighted by Gasteiger charge is -2.32. The van der Waals surface area contributed by atoms with Gasteiger partial charge in [0, 0.05) is 18.0 Å². The molecule has 0 spiro atoms. The highest BCUT2D eigenvalue weighted by Crippen LogP contribution is 2.43. The Bertz CT molecular complexity index is 588. The molecule has 2 heterocycles. The molecule has 1 aliphatic rings. The lowest BCUT2D eigenvalue weighted by Crippen LogP contribution is -2.28. The zero-order valence-corrected chi connectivity index (χ0v) is 13.0. The third-order valence-electron chi connectivity index (χ3n) is 3.77. The Hall–Kier alpha value is -1.33. The van der Waals surface area contributed by atoms with E-state index in [2.05, 4.69) is 18.7 Å². The Kier molecular flexibility index (Phi) is 3.34. The number of anilines is 1. The summed E-state index contributed by atoms with van der Waals surface area (Å²) in [6.45, 7) is 5.26. The van der Waals surface area contributed by atoms with Gasteiger partial charge >= 0.3 is 0 Å². The van der Waals surface area contributed by atoms with E-state index in [0.717, 1.165) is 30.3 Å². The molecule has 3 rings (SSSR count). The molecule has 0 saturated heterocycles. The van der Waals surface area contributed by atoms with E-state index in [1.165, 1.54) is 10.6 Å². The Morgan fingerprint density at radius 3 is 3.05 bits per heavy atom. The van der Waals surface area contributed by atoms with E-state index < -0.39 is 0 Å². The zero-order valence-electron chi connectivity index (χ0n) is 12.2. The number of rotatable bonds is 3. The first-order valence-corrected chi connectivity index (χ1v) is 7.75. The van der Waals surface area contributed by atoms with Crippen LogP contribution in [0.25, 0.3) is 0 Å². The maximum Gasteiger partial charge on any atom is 0.185 e. The van der Waals surface area contributed by atoms with Crippen molar-refractivity contribution in [3.8, 4) is 0 Å². The Labute approximate surface area is 123 Å². The van der Waals surface area contributed by atoms with Crippen LogP contribution in [0.5, 0.6) is 0 Å². The van der Waals surface area contributed by atoms with Gasteiger partial charge in [-0.1, -0.05) is 25.2 Å². The van der Waals surface area contributed by atoms with Gasteiger partial charge in [-0.15, -0.1) is 0 Å². The standard InChI is InChI=1S/C15H21N3OS/c1-15(2)7-11(16)13-12(8-15)17-14(20-13)18(3)9-10-5-4-6-19-10/h4-6,11H,7-9,16H2,1-3H3. The molecule has 0 radical (unpaired) electrons. The number of hydrogen-bond acceptors (Lipinski definition) is 5. The minimum absolute atomic E-state index is 0.122. The summed E-state index contributed by atoms with van der Waals surface area (Å²) in [5.74, 6) is 0.949. The second-order valence-corrected chi connectivity index (χ2v) is 7.40. The molecule has 0 fully saturated rings. The van der Waals surface area contributed by atoms with Gasteiger partial charge in [0.15, 0.2) is 5.13 Å². The van der Waals surface area contributed by atoms with Gasteiger partial charge in [0.1, 0.15) is 5.76 Å². The molecule has 1 aliphatic carbocycles. The minimum atomic E-state index is 0.122. The van der Waals surface area contributed by atoms with Crippen LogP contribution in [0.2, 0.25) is 0 Å². The third-order valence-corrected chi connectivity index (χ3v) is 5.12. The monoisotopic (exact) mass is 291 g/mol. The highest BCUT2D eigenvalue weighted by molar-refractivity contribution is 7.15. The minimum Gasteiger partial charge on any atom is -0.467 e. The Morgan fingerprint density at radius 1 is 1.55 bits per heavy atom. The number of hydrogen-bond donors (Lipinski definition) is 1. The van der Waals surface area contributed by atoms with Gasteiger partial charge in [0.25, 0.3) is 0 Å². The molecule has 2 N–H and O–H groups in total. The summed E-state index contributed by atoms with van der Waals surface area (Å²) in [6, 6.07) is 4.02. The topological polar surface area (TPSA) is 55.3 Å². The molecule has 2 aromatic heterocycles. The van der Waals surface area contributed by atoms with Gasteiger partial charge in [-0.3, -0.25) is 0 Å². The van der Waals surface area contributed by atoms with Crippen LogP contribution in [-0.4, -0.2) is 12.0 Å². The number of furan rings is 1. The first-order chi connectivity index (χ1) is 9.44. The molecule has 0 aromatic carbocycles. The summed E-state index contributed by atoms with van der Waals surface area (Å²) in [5.41, 5.74) is 7.73. The molecular formula is C15H21N3OS.